The number of aromatic nitrogens is 1. The van der Waals surface area contributed by atoms with Gasteiger partial charge in [0.05, 0.1) is 6.54 Å². The monoisotopic (exact) mass is 390 g/mol. The summed E-state index contributed by atoms with van der Waals surface area (Å²) in [6.45, 7) is 4.31. The van der Waals surface area contributed by atoms with Crippen molar-refractivity contribution in [2.45, 2.75) is 26.3 Å². The third-order valence-electron chi connectivity index (χ3n) is 3.67. The summed E-state index contributed by atoms with van der Waals surface area (Å²) in [5.74, 6) is 2.72. The molecule has 1 aromatic carbocycles. The predicted molar refractivity (Wildman–Crippen MR) is 111 cm³/mol. The molecule has 2 rings (SSSR count). The Labute approximate surface area is 164 Å². The smallest absolute Gasteiger partial charge is 0.219 e. The van der Waals surface area contributed by atoms with Gasteiger partial charge in [-0.3, -0.25) is 0 Å². The standard InChI is InChI=1S/C20H27FN4OS/c1-3-22-20(23-12-4-5-13-27-2)25-15-16-6-11-19(24-14-16)26-18-9-7-17(21)8-10-18/h6-11,14H,3-5,12-13,15H2,1-2H3,(H2,22,23,25). The zero-order valence-corrected chi connectivity index (χ0v) is 16.7. The number of rotatable bonds is 10. The number of aliphatic imine (C=N–C) groups is 1. The van der Waals surface area contributed by atoms with Crippen molar-refractivity contribution in [3.63, 3.8) is 0 Å². The van der Waals surface area contributed by atoms with Crippen molar-refractivity contribution in [1.29, 1.82) is 0 Å². The number of thioether (sulfide) groups is 1. The molecule has 1 aromatic heterocycles. The second-order valence-electron chi connectivity index (χ2n) is 5.88. The van der Waals surface area contributed by atoms with E-state index < -0.39 is 0 Å². The van der Waals surface area contributed by atoms with Crippen molar-refractivity contribution in [1.82, 2.24) is 15.6 Å². The van der Waals surface area contributed by atoms with Gasteiger partial charge < -0.3 is 15.4 Å². The summed E-state index contributed by atoms with van der Waals surface area (Å²) >= 11 is 1.87. The highest BCUT2D eigenvalue weighted by molar-refractivity contribution is 7.98. The van der Waals surface area contributed by atoms with E-state index >= 15 is 0 Å². The Morgan fingerprint density at radius 3 is 2.63 bits per heavy atom. The molecule has 0 amide bonds. The summed E-state index contributed by atoms with van der Waals surface area (Å²) in [6, 6.07) is 9.57. The van der Waals surface area contributed by atoms with Gasteiger partial charge >= 0.3 is 0 Å². The van der Waals surface area contributed by atoms with E-state index in [9.17, 15) is 4.39 Å². The quantitative estimate of drug-likeness (QED) is 0.362. The van der Waals surface area contributed by atoms with Crippen LogP contribution < -0.4 is 15.4 Å². The lowest BCUT2D eigenvalue weighted by atomic mass is 10.3. The second kappa shape index (κ2) is 12.2. The Bertz CT molecular complexity index is 692. The van der Waals surface area contributed by atoms with Crippen molar-refractivity contribution in [2.24, 2.45) is 4.99 Å². The lowest BCUT2D eigenvalue weighted by Crippen LogP contribution is -2.37. The molecule has 0 bridgehead atoms. The van der Waals surface area contributed by atoms with E-state index in [4.69, 9.17) is 4.74 Å². The number of unbranched alkanes of at least 4 members (excludes halogenated alkanes) is 1. The molecule has 2 N–H and O–H groups in total. The maximum absolute atomic E-state index is 12.9. The Kier molecular flexibility index (Phi) is 9.48. The molecule has 2 aromatic rings. The van der Waals surface area contributed by atoms with E-state index in [0.29, 0.717) is 18.2 Å². The number of nitrogens with one attached hydrogen (secondary N) is 2. The van der Waals surface area contributed by atoms with Crippen LogP contribution >= 0.6 is 11.8 Å². The van der Waals surface area contributed by atoms with Gasteiger partial charge in [0, 0.05) is 25.4 Å². The number of pyridine rings is 1. The molecule has 0 atom stereocenters. The van der Waals surface area contributed by atoms with Gasteiger partial charge in [0.25, 0.3) is 0 Å². The lowest BCUT2D eigenvalue weighted by Gasteiger charge is -2.11. The van der Waals surface area contributed by atoms with Gasteiger partial charge in [-0.05, 0) is 61.6 Å². The largest absolute Gasteiger partial charge is 0.439 e. The van der Waals surface area contributed by atoms with Crippen LogP contribution in [0.4, 0.5) is 4.39 Å². The number of hydrogen-bond acceptors (Lipinski definition) is 4. The zero-order valence-electron chi connectivity index (χ0n) is 15.9. The molecule has 146 valence electrons. The van der Waals surface area contributed by atoms with E-state index in [-0.39, 0.29) is 5.82 Å². The summed E-state index contributed by atoms with van der Waals surface area (Å²) in [5, 5.41) is 6.60. The molecular weight excluding hydrogens is 363 g/mol. The van der Waals surface area contributed by atoms with Crippen LogP contribution in [0, 0.1) is 5.82 Å². The van der Waals surface area contributed by atoms with E-state index in [1.165, 1.54) is 24.3 Å². The first-order chi connectivity index (χ1) is 13.2. The first-order valence-corrected chi connectivity index (χ1v) is 10.5. The molecule has 0 aliphatic rings. The molecule has 0 aliphatic carbocycles. The Morgan fingerprint density at radius 2 is 1.96 bits per heavy atom. The van der Waals surface area contributed by atoms with Crippen molar-refractivity contribution in [2.75, 3.05) is 25.1 Å². The van der Waals surface area contributed by atoms with Crippen LogP contribution in [0.2, 0.25) is 0 Å². The van der Waals surface area contributed by atoms with Gasteiger partial charge in [0.1, 0.15) is 11.6 Å². The van der Waals surface area contributed by atoms with Gasteiger partial charge in [-0.15, -0.1) is 0 Å². The van der Waals surface area contributed by atoms with Gasteiger partial charge in [-0.1, -0.05) is 6.07 Å². The van der Waals surface area contributed by atoms with Gasteiger partial charge in [-0.2, -0.15) is 11.8 Å². The highest BCUT2D eigenvalue weighted by Crippen LogP contribution is 2.19. The lowest BCUT2D eigenvalue weighted by molar-refractivity contribution is 0.461. The molecule has 0 aliphatic heterocycles. The Balaban J connectivity index is 1.85. The second-order valence-corrected chi connectivity index (χ2v) is 6.87. The molecule has 7 heteroatoms. The molecule has 0 spiro atoms. The minimum absolute atomic E-state index is 0.294. The van der Waals surface area contributed by atoms with E-state index in [1.807, 2.05) is 24.8 Å². The zero-order chi connectivity index (χ0) is 19.3. The average molecular weight is 391 g/mol. The minimum Gasteiger partial charge on any atom is -0.439 e. The Morgan fingerprint density at radius 1 is 1.15 bits per heavy atom. The van der Waals surface area contributed by atoms with E-state index in [1.54, 1.807) is 24.4 Å². The van der Waals surface area contributed by atoms with Crippen LogP contribution in [-0.2, 0) is 6.54 Å². The van der Waals surface area contributed by atoms with Gasteiger partial charge in [-0.25, -0.2) is 14.4 Å². The highest BCUT2D eigenvalue weighted by Gasteiger charge is 2.01. The molecule has 0 saturated heterocycles. The Hall–Kier alpha value is -2.28. The SMILES string of the molecule is CCNC(=NCc1ccc(Oc2ccc(F)cc2)nc1)NCCCCSC. The molecule has 5 nitrogen and oxygen atoms in total. The van der Waals surface area contributed by atoms with Crippen LogP contribution in [0.15, 0.2) is 47.6 Å². The summed E-state index contributed by atoms with van der Waals surface area (Å²) in [5.41, 5.74) is 0.987. The molecular formula is C20H27FN4OS. The van der Waals surface area contributed by atoms with Crippen molar-refractivity contribution in [3.05, 3.63) is 54.0 Å². The first kappa shape index (κ1) is 21.0. The number of benzene rings is 1. The van der Waals surface area contributed by atoms with E-state index in [2.05, 4.69) is 26.9 Å². The van der Waals surface area contributed by atoms with Crippen LogP contribution in [-0.4, -0.2) is 36.0 Å². The fraction of sp³-hybridized carbons (Fsp3) is 0.400. The van der Waals surface area contributed by atoms with Crippen LogP contribution in [0.5, 0.6) is 11.6 Å². The number of guanidine groups is 1. The first-order valence-electron chi connectivity index (χ1n) is 9.10. The number of halogens is 1. The summed E-state index contributed by atoms with van der Waals surface area (Å²) < 4.78 is 18.5. The molecule has 27 heavy (non-hydrogen) atoms. The van der Waals surface area contributed by atoms with E-state index in [0.717, 1.165) is 31.0 Å². The normalized spacial score (nSPS) is 11.3. The molecule has 1 heterocycles. The topological polar surface area (TPSA) is 58.5 Å². The van der Waals surface area contributed by atoms with Crippen molar-refractivity contribution in [3.8, 4) is 11.6 Å². The summed E-state index contributed by atoms with van der Waals surface area (Å²) in [6.07, 6.45) is 6.20. The van der Waals surface area contributed by atoms with Crippen LogP contribution in [0.25, 0.3) is 0 Å². The maximum Gasteiger partial charge on any atom is 0.219 e. The highest BCUT2D eigenvalue weighted by atomic mass is 32.2. The molecule has 0 fully saturated rings. The number of ether oxygens (including phenoxy) is 1. The number of nitrogens with zero attached hydrogens (tertiary/aromatic N) is 2. The third-order valence-corrected chi connectivity index (χ3v) is 4.36. The predicted octanol–water partition coefficient (Wildman–Crippen LogP) is 4.21. The molecule has 0 unspecified atom stereocenters. The third kappa shape index (κ3) is 8.30. The van der Waals surface area contributed by atoms with Crippen molar-refractivity contribution >= 4 is 17.7 Å². The maximum atomic E-state index is 12.9. The van der Waals surface area contributed by atoms with Crippen LogP contribution in [0.3, 0.4) is 0 Å². The van der Waals surface area contributed by atoms with Crippen molar-refractivity contribution < 1.29 is 9.13 Å². The fourth-order valence-corrected chi connectivity index (χ4v) is 2.77. The summed E-state index contributed by atoms with van der Waals surface area (Å²) in [4.78, 5) is 8.88. The minimum atomic E-state index is -0.294. The average Bonchev–Trinajstić information content (AvgIpc) is 2.69. The molecule has 0 radical (unpaired) electrons. The van der Waals surface area contributed by atoms with Crippen LogP contribution in [0.1, 0.15) is 25.3 Å². The summed E-state index contributed by atoms with van der Waals surface area (Å²) in [7, 11) is 0. The fourth-order valence-electron chi connectivity index (χ4n) is 2.28. The van der Waals surface area contributed by atoms with Gasteiger partial charge in [0.15, 0.2) is 5.96 Å². The van der Waals surface area contributed by atoms with Gasteiger partial charge in [0.2, 0.25) is 5.88 Å². The molecule has 0 saturated carbocycles. The number of hydrogen-bond donors (Lipinski definition) is 2.